The van der Waals surface area contributed by atoms with Crippen LogP contribution in [-0.4, -0.2) is 0 Å². The highest BCUT2D eigenvalue weighted by atomic mass is 14.4. The summed E-state index contributed by atoms with van der Waals surface area (Å²) in [7, 11) is 0. The van der Waals surface area contributed by atoms with Gasteiger partial charge in [0, 0.05) is 5.41 Å². The maximum absolute atomic E-state index is 9.50. The van der Waals surface area contributed by atoms with Crippen LogP contribution in [0.5, 0.6) is 0 Å². The van der Waals surface area contributed by atoms with Crippen molar-refractivity contribution in [2.24, 2.45) is 0 Å². The van der Waals surface area contributed by atoms with E-state index >= 15 is 0 Å². The second-order valence-corrected chi connectivity index (χ2v) is 10.5. The van der Waals surface area contributed by atoms with Crippen molar-refractivity contribution < 1.29 is 0 Å². The molecule has 37 heavy (non-hydrogen) atoms. The van der Waals surface area contributed by atoms with Crippen molar-refractivity contribution in [3.8, 4) is 39.4 Å². The molecule has 0 aliphatic heterocycles. The maximum Gasteiger partial charge on any atom is 0.0991 e. The molecule has 174 valence electrons. The van der Waals surface area contributed by atoms with Gasteiger partial charge in [-0.3, -0.25) is 0 Å². The van der Waals surface area contributed by atoms with Crippen molar-refractivity contribution in [1.82, 2.24) is 0 Å². The van der Waals surface area contributed by atoms with Crippen LogP contribution in [-0.2, 0) is 5.41 Å². The van der Waals surface area contributed by atoms with E-state index in [1.165, 1.54) is 66.1 Å². The first-order chi connectivity index (χ1) is 18.1. The molecule has 6 aromatic rings. The van der Waals surface area contributed by atoms with E-state index in [1.54, 1.807) is 0 Å². The summed E-state index contributed by atoms with van der Waals surface area (Å²) in [5, 5.41) is 14.6. The Morgan fingerprint density at radius 3 is 1.68 bits per heavy atom. The Kier molecular flexibility index (Phi) is 4.62. The average molecular weight is 472 g/mol. The van der Waals surface area contributed by atoms with E-state index in [2.05, 4.69) is 129 Å². The first-order valence-corrected chi connectivity index (χ1v) is 12.8. The Balaban J connectivity index is 1.56. The van der Waals surface area contributed by atoms with Crippen LogP contribution in [0.15, 0.2) is 115 Å². The van der Waals surface area contributed by atoms with E-state index in [4.69, 9.17) is 0 Å². The van der Waals surface area contributed by atoms with Gasteiger partial charge in [-0.15, -0.1) is 0 Å². The highest BCUT2D eigenvalue weighted by Crippen LogP contribution is 2.51. The molecular formula is C36H25N. The molecule has 0 saturated heterocycles. The molecule has 0 spiro atoms. The molecule has 0 unspecified atom stereocenters. The molecule has 1 heteroatoms. The van der Waals surface area contributed by atoms with Gasteiger partial charge in [0.15, 0.2) is 0 Å². The van der Waals surface area contributed by atoms with Crippen molar-refractivity contribution in [3.63, 3.8) is 0 Å². The van der Waals surface area contributed by atoms with Crippen molar-refractivity contribution in [2.45, 2.75) is 19.3 Å². The molecular weight excluding hydrogens is 446 g/mol. The minimum atomic E-state index is -0.142. The third-order valence-corrected chi connectivity index (χ3v) is 8.09. The molecule has 0 atom stereocenters. The fourth-order valence-corrected chi connectivity index (χ4v) is 6.33. The first kappa shape index (κ1) is 21.6. The van der Waals surface area contributed by atoms with Crippen LogP contribution >= 0.6 is 0 Å². The Bertz CT molecular complexity index is 1850. The molecule has 0 heterocycles. The van der Waals surface area contributed by atoms with Crippen LogP contribution in [0.3, 0.4) is 0 Å². The first-order valence-electron chi connectivity index (χ1n) is 12.8. The number of nitrogens with zero attached hydrogens (tertiary/aromatic N) is 1. The summed E-state index contributed by atoms with van der Waals surface area (Å²) in [5.74, 6) is 0. The lowest BCUT2D eigenvalue weighted by Crippen LogP contribution is -2.15. The van der Waals surface area contributed by atoms with Crippen LogP contribution in [0.25, 0.3) is 54.9 Å². The van der Waals surface area contributed by atoms with Gasteiger partial charge < -0.3 is 0 Å². The smallest absolute Gasteiger partial charge is 0.0991 e. The van der Waals surface area contributed by atoms with Gasteiger partial charge in [-0.25, -0.2) is 0 Å². The zero-order chi connectivity index (χ0) is 25.1. The number of benzene rings is 6. The second kappa shape index (κ2) is 7.92. The topological polar surface area (TPSA) is 23.8 Å². The van der Waals surface area contributed by atoms with Gasteiger partial charge in [-0.2, -0.15) is 5.26 Å². The maximum atomic E-state index is 9.50. The number of fused-ring (bicyclic) bond motifs is 5. The predicted molar refractivity (Wildman–Crippen MR) is 155 cm³/mol. The van der Waals surface area contributed by atoms with Gasteiger partial charge in [-0.05, 0) is 84.3 Å². The molecule has 0 fully saturated rings. The predicted octanol–water partition coefficient (Wildman–Crippen LogP) is 9.50. The van der Waals surface area contributed by atoms with Crippen molar-refractivity contribution in [3.05, 3.63) is 132 Å². The summed E-state index contributed by atoms with van der Waals surface area (Å²) in [4.78, 5) is 0. The number of hydrogen-bond donors (Lipinski definition) is 0. The van der Waals surface area contributed by atoms with Crippen molar-refractivity contribution >= 4 is 21.5 Å². The van der Waals surface area contributed by atoms with Crippen LogP contribution in [0.2, 0.25) is 0 Å². The van der Waals surface area contributed by atoms with E-state index in [9.17, 15) is 5.26 Å². The molecule has 0 amide bonds. The summed E-state index contributed by atoms with van der Waals surface area (Å²) >= 11 is 0. The zero-order valence-electron chi connectivity index (χ0n) is 20.9. The van der Waals surface area contributed by atoms with Gasteiger partial charge in [-0.1, -0.05) is 111 Å². The number of hydrogen-bond acceptors (Lipinski definition) is 1. The van der Waals surface area contributed by atoms with Gasteiger partial charge in [0.25, 0.3) is 0 Å². The molecule has 0 saturated carbocycles. The Morgan fingerprint density at radius 2 is 1.08 bits per heavy atom. The lowest BCUT2D eigenvalue weighted by atomic mass is 9.81. The molecule has 0 radical (unpaired) electrons. The minimum absolute atomic E-state index is 0.142. The highest BCUT2D eigenvalue weighted by molar-refractivity contribution is 6.21. The number of nitriles is 1. The van der Waals surface area contributed by atoms with Crippen molar-refractivity contribution in [2.75, 3.05) is 0 Å². The lowest BCUT2D eigenvalue weighted by molar-refractivity contribution is 0.660. The van der Waals surface area contributed by atoms with Gasteiger partial charge in [0.1, 0.15) is 0 Å². The third-order valence-electron chi connectivity index (χ3n) is 8.09. The van der Waals surface area contributed by atoms with Crippen molar-refractivity contribution in [1.29, 1.82) is 5.26 Å². The number of rotatable bonds is 2. The quantitative estimate of drug-likeness (QED) is 0.231. The second-order valence-electron chi connectivity index (χ2n) is 10.5. The minimum Gasteiger partial charge on any atom is -0.192 e. The lowest BCUT2D eigenvalue weighted by Gasteiger charge is -2.22. The van der Waals surface area contributed by atoms with Gasteiger partial charge in [0.2, 0.25) is 0 Å². The van der Waals surface area contributed by atoms with Crippen LogP contribution in [0.4, 0.5) is 0 Å². The molecule has 0 N–H and O–H groups in total. The van der Waals surface area contributed by atoms with Crippen LogP contribution in [0.1, 0.15) is 30.5 Å². The van der Waals surface area contributed by atoms with E-state index in [-0.39, 0.29) is 5.41 Å². The molecule has 1 aliphatic rings. The summed E-state index contributed by atoms with van der Waals surface area (Å²) in [6.07, 6.45) is 0. The third kappa shape index (κ3) is 3.09. The van der Waals surface area contributed by atoms with E-state index in [0.29, 0.717) is 5.56 Å². The molecule has 1 aliphatic carbocycles. The van der Waals surface area contributed by atoms with E-state index in [0.717, 1.165) is 0 Å². The molecule has 1 nitrogen and oxygen atoms in total. The summed E-state index contributed by atoms with van der Waals surface area (Å²) in [6.45, 7) is 4.52. The summed E-state index contributed by atoms with van der Waals surface area (Å²) in [6, 6.07) is 43.7. The molecule has 0 aromatic heterocycles. The average Bonchev–Trinajstić information content (AvgIpc) is 3.17. The molecule has 7 rings (SSSR count). The van der Waals surface area contributed by atoms with E-state index < -0.39 is 0 Å². The van der Waals surface area contributed by atoms with Crippen LogP contribution in [0, 0.1) is 11.3 Å². The Morgan fingerprint density at radius 1 is 0.514 bits per heavy atom. The molecule has 6 aromatic carbocycles. The Hall–Kier alpha value is -4.67. The normalized spacial score (nSPS) is 13.3. The zero-order valence-corrected chi connectivity index (χ0v) is 20.9. The van der Waals surface area contributed by atoms with Crippen LogP contribution < -0.4 is 0 Å². The largest absolute Gasteiger partial charge is 0.192 e. The summed E-state index contributed by atoms with van der Waals surface area (Å²) in [5.41, 5.74) is 10.6. The highest BCUT2D eigenvalue weighted by Gasteiger charge is 2.35. The Labute approximate surface area is 217 Å². The SMILES string of the molecule is CC1(C)c2ccc(-c3c4ccccc4c(-c4ccccc4)c4ccccc34)cc2-c2ccc(C#N)cc21. The standard InChI is InChI=1S/C36H25N/c1-36(2)32-19-17-25(21-31(32)26-18-16-23(22-37)20-33(26)36)35-29-14-8-6-12-27(29)34(24-10-4-3-5-11-24)28-13-7-9-15-30(28)35/h3-21H,1-2H3. The van der Waals surface area contributed by atoms with E-state index in [1.807, 2.05) is 6.07 Å². The molecule has 0 bridgehead atoms. The van der Waals surface area contributed by atoms with Gasteiger partial charge in [0.05, 0.1) is 11.6 Å². The monoisotopic (exact) mass is 471 g/mol. The fraction of sp³-hybridized carbons (Fsp3) is 0.0833. The fourth-order valence-electron chi connectivity index (χ4n) is 6.33. The van der Waals surface area contributed by atoms with Gasteiger partial charge >= 0.3 is 0 Å². The summed E-state index contributed by atoms with van der Waals surface area (Å²) < 4.78 is 0.